The summed E-state index contributed by atoms with van der Waals surface area (Å²) in [6.45, 7) is 0. The lowest BCUT2D eigenvalue weighted by Crippen LogP contribution is -2.47. The molecule has 1 heterocycles. The summed E-state index contributed by atoms with van der Waals surface area (Å²) < 4.78 is 82.9. The van der Waals surface area contributed by atoms with Gasteiger partial charge in [-0.15, -0.1) is 0 Å². The van der Waals surface area contributed by atoms with Gasteiger partial charge in [0.25, 0.3) is 15.7 Å². The van der Waals surface area contributed by atoms with E-state index in [0.29, 0.717) is 12.5 Å². The number of amides is 2. The predicted octanol–water partition coefficient (Wildman–Crippen LogP) is 3.84. The Labute approximate surface area is 246 Å². The average molecular weight is 635 g/mol. The van der Waals surface area contributed by atoms with E-state index in [9.17, 15) is 40.4 Å². The standard InChI is InChI=1S/C28H22F4N4O7S/c1-43-22-10-19(29)17(20-11-34-21(12-33-20)27(39)40)9-18(22)25(37)36-24-14-6-5-13(7-14)23(24)26(38)35-15-3-2-4-16(8-15)44(41,42)28(30,31)32/h2-6,8-14,23-24H,7H2,1H3,(H,35,38)(H,36,37)(H,39,40). The number of carbonyl (C=O) groups is 3. The minimum absolute atomic E-state index is 0.0564. The van der Waals surface area contributed by atoms with Gasteiger partial charge in [0.1, 0.15) is 11.6 Å². The van der Waals surface area contributed by atoms with E-state index in [1.807, 2.05) is 6.08 Å². The number of benzene rings is 2. The van der Waals surface area contributed by atoms with Crippen molar-refractivity contribution < 1.29 is 50.2 Å². The number of anilines is 1. The molecule has 1 saturated carbocycles. The van der Waals surface area contributed by atoms with Gasteiger partial charge in [-0.3, -0.25) is 14.6 Å². The summed E-state index contributed by atoms with van der Waals surface area (Å²) in [7, 11) is -4.43. The van der Waals surface area contributed by atoms with Crippen molar-refractivity contribution >= 4 is 33.3 Å². The molecule has 2 bridgehead atoms. The normalized spacial score (nSPS) is 20.8. The summed E-state index contributed by atoms with van der Waals surface area (Å²) >= 11 is 0. The van der Waals surface area contributed by atoms with Crippen LogP contribution in [-0.2, 0) is 14.6 Å². The highest BCUT2D eigenvalue weighted by Crippen LogP contribution is 2.45. The molecular formula is C28H22F4N4O7S. The van der Waals surface area contributed by atoms with Crippen LogP contribution in [0.25, 0.3) is 11.3 Å². The first-order valence-electron chi connectivity index (χ1n) is 12.9. The minimum atomic E-state index is -5.65. The number of hydrogen-bond acceptors (Lipinski definition) is 8. The second-order valence-electron chi connectivity index (χ2n) is 10.1. The zero-order valence-corrected chi connectivity index (χ0v) is 23.3. The monoisotopic (exact) mass is 634 g/mol. The first-order valence-corrected chi connectivity index (χ1v) is 14.3. The smallest absolute Gasteiger partial charge is 0.496 e. The molecule has 4 unspecified atom stereocenters. The molecule has 2 aliphatic carbocycles. The van der Waals surface area contributed by atoms with Crippen LogP contribution >= 0.6 is 0 Å². The van der Waals surface area contributed by atoms with Gasteiger partial charge in [0.15, 0.2) is 5.69 Å². The summed E-state index contributed by atoms with van der Waals surface area (Å²) in [5.74, 6) is -5.19. The van der Waals surface area contributed by atoms with E-state index >= 15 is 0 Å². The Morgan fingerprint density at radius 2 is 1.77 bits per heavy atom. The van der Waals surface area contributed by atoms with E-state index in [0.717, 1.165) is 36.7 Å². The second kappa shape index (κ2) is 11.3. The second-order valence-corrected chi connectivity index (χ2v) is 12.0. The Morgan fingerprint density at radius 1 is 1.05 bits per heavy atom. The highest BCUT2D eigenvalue weighted by atomic mass is 32.2. The Balaban J connectivity index is 1.40. The maximum atomic E-state index is 14.9. The van der Waals surface area contributed by atoms with Gasteiger partial charge in [-0.05, 0) is 42.5 Å². The van der Waals surface area contributed by atoms with Crippen molar-refractivity contribution in [2.24, 2.45) is 17.8 Å². The van der Waals surface area contributed by atoms with Gasteiger partial charge >= 0.3 is 11.5 Å². The minimum Gasteiger partial charge on any atom is -0.496 e. The molecule has 0 aliphatic heterocycles. The molecule has 0 spiro atoms. The summed E-state index contributed by atoms with van der Waals surface area (Å²) in [4.78, 5) is 44.6. The number of alkyl halides is 3. The molecule has 4 atom stereocenters. The van der Waals surface area contributed by atoms with E-state index < -0.39 is 55.8 Å². The van der Waals surface area contributed by atoms with Crippen LogP contribution in [0.2, 0.25) is 0 Å². The van der Waals surface area contributed by atoms with E-state index in [1.54, 1.807) is 6.08 Å². The highest BCUT2D eigenvalue weighted by molar-refractivity contribution is 7.92. The van der Waals surface area contributed by atoms with Crippen LogP contribution in [0.4, 0.5) is 23.2 Å². The fourth-order valence-corrected chi connectivity index (χ4v) is 6.19. The number of carboxylic acids is 1. The maximum absolute atomic E-state index is 14.9. The number of halogens is 4. The number of nitrogens with zero attached hydrogens (tertiary/aromatic N) is 2. The fraction of sp³-hybridized carbons (Fsp3) is 0.250. The van der Waals surface area contributed by atoms with E-state index in [2.05, 4.69) is 20.6 Å². The molecule has 16 heteroatoms. The lowest BCUT2D eigenvalue weighted by atomic mass is 9.87. The topological polar surface area (TPSA) is 165 Å². The average Bonchev–Trinajstić information content (AvgIpc) is 3.58. The van der Waals surface area contributed by atoms with Crippen LogP contribution in [0.3, 0.4) is 0 Å². The van der Waals surface area contributed by atoms with Gasteiger partial charge in [-0.2, -0.15) is 13.2 Å². The molecule has 3 N–H and O–H groups in total. The number of ether oxygens (including phenoxy) is 1. The first kappa shape index (κ1) is 30.6. The molecule has 3 aromatic rings. The maximum Gasteiger partial charge on any atom is 0.501 e. The van der Waals surface area contributed by atoms with Crippen LogP contribution in [0.15, 0.2) is 65.8 Å². The van der Waals surface area contributed by atoms with Crippen molar-refractivity contribution in [3.63, 3.8) is 0 Å². The summed E-state index contributed by atoms with van der Waals surface area (Å²) in [5.41, 5.74) is -6.43. The molecule has 44 heavy (non-hydrogen) atoms. The Morgan fingerprint density at radius 3 is 2.41 bits per heavy atom. The van der Waals surface area contributed by atoms with Crippen molar-refractivity contribution in [3.8, 4) is 17.0 Å². The van der Waals surface area contributed by atoms with Crippen LogP contribution in [0.5, 0.6) is 5.75 Å². The number of aromatic nitrogens is 2. The molecule has 0 saturated heterocycles. The lowest BCUT2D eigenvalue weighted by molar-refractivity contribution is -0.121. The quantitative estimate of drug-likeness (QED) is 0.247. The molecular weight excluding hydrogens is 612 g/mol. The molecule has 2 amide bonds. The molecule has 1 fully saturated rings. The number of carboxylic acid groups (broad SMARTS) is 1. The number of carbonyl (C=O) groups excluding carboxylic acids is 2. The first-order chi connectivity index (χ1) is 20.7. The third-order valence-electron chi connectivity index (χ3n) is 7.46. The number of allylic oxidation sites excluding steroid dienone is 1. The van der Waals surface area contributed by atoms with Crippen LogP contribution in [0, 0.1) is 23.6 Å². The molecule has 5 rings (SSSR count). The Kier molecular flexibility index (Phi) is 7.88. The zero-order valence-electron chi connectivity index (χ0n) is 22.5. The van der Waals surface area contributed by atoms with Crippen LogP contribution in [-0.4, -0.2) is 59.9 Å². The zero-order chi connectivity index (χ0) is 32.0. The molecule has 1 aromatic heterocycles. The van der Waals surface area contributed by atoms with Crippen molar-refractivity contribution in [1.29, 1.82) is 0 Å². The third kappa shape index (κ3) is 5.59. The van der Waals surface area contributed by atoms with Gasteiger partial charge < -0.3 is 20.5 Å². The number of methoxy groups -OCH3 is 1. The van der Waals surface area contributed by atoms with Gasteiger partial charge in [0, 0.05) is 23.4 Å². The summed E-state index contributed by atoms with van der Waals surface area (Å²) in [5, 5.41) is 14.3. The van der Waals surface area contributed by atoms with Gasteiger partial charge in [-0.1, -0.05) is 18.2 Å². The predicted molar refractivity (Wildman–Crippen MR) is 145 cm³/mol. The third-order valence-corrected chi connectivity index (χ3v) is 8.94. The molecule has 0 radical (unpaired) electrons. The molecule has 2 aliphatic rings. The van der Waals surface area contributed by atoms with Gasteiger partial charge in [0.2, 0.25) is 5.91 Å². The fourth-order valence-electron chi connectivity index (χ4n) is 5.38. The van der Waals surface area contributed by atoms with E-state index in [-0.39, 0.29) is 45.8 Å². The SMILES string of the molecule is COc1cc(F)c(-c2cnc(C(=O)O)cn2)cc1C(=O)NC1C2C=CC(C2)C1C(=O)Nc1cccc(S(=O)(=O)C(F)(F)F)c1. The molecule has 11 nitrogen and oxygen atoms in total. The summed E-state index contributed by atoms with van der Waals surface area (Å²) in [6, 6.07) is 5.08. The van der Waals surface area contributed by atoms with Crippen molar-refractivity contribution in [2.45, 2.75) is 22.9 Å². The van der Waals surface area contributed by atoms with Crippen molar-refractivity contribution in [3.05, 3.63) is 78.0 Å². The molecule has 230 valence electrons. The number of fused-ring (bicyclic) bond motifs is 2. The van der Waals surface area contributed by atoms with Crippen LogP contribution in [0.1, 0.15) is 27.3 Å². The van der Waals surface area contributed by atoms with E-state index in [1.165, 1.54) is 13.2 Å². The number of nitrogens with one attached hydrogen (secondary N) is 2. The van der Waals surface area contributed by atoms with Gasteiger partial charge in [0.05, 0.1) is 41.6 Å². The number of rotatable bonds is 8. The Hall–Kier alpha value is -4.86. The lowest BCUT2D eigenvalue weighted by Gasteiger charge is -2.28. The molecule has 2 aromatic carbocycles. The van der Waals surface area contributed by atoms with Crippen LogP contribution < -0.4 is 15.4 Å². The van der Waals surface area contributed by atoms with Crippen molar-refractivity contribution in [1.82, 2.24) is 15.3 Å². The largest absolute Gasteiger partial charge is 0.501 e. The van der Waals surface area contributed by atoms with Crippen molar-refractivity contribution in [2.75, 3.05) is 12.4 Å². The van der Waals surface area contributed by atoms with E-state index in [4.69, 9.17) is 9.84 Å². The number of hydrogen-bond donors (Lipinski definition) is 3. The Bertz CT molecular complexity index is 1800. The number of sulfone groups is 1. The van der Waals surface area contributed by atoms with Gasteiger partial charge in [-0.25, -0.2) is 22.6 Å². The summed E-state index contributed by atoms with van der Waals surface area (Å²) in [6.07, 6.45) is 6.07. The number of aromatic carboxylic acids is 1. The highest BCUT2D eigenvalue weighted by Gasteiger charge is 2.49.